The molecule has 1 aromatic rings. The van der Waals surface area contributed by atoms with Gasteiger partial charge in [-0.1, -0.05) is 37.5 Å². The summed E-state index contributed by atoms with van der Waals surface area (Å²) in [5.41, 5.74) is 0.292. The summed E-state index contributed by atoms with van der Waals surface area (Å²) >= 11 is 0. The largest absolute Gasteiger partial charge is 0.457 e. The zero-order valence-electron chi connectivity index (χ0n) is 17.2. The number of hydrogen-bond acceptors (Lipinski definition) is 4. The van der Waals surface area contributed by atoms with Gasteiger partial charge in [-0.2, -0.15) is 0 Å². The standard InChI is InChI=1S/C24H33FN2O2/c25-20-11-8-10-19(13-20)24(28)29-22-15-21-16-26-23-14-18(23)9-6-4-2-1-3-5-7-12-27(21)17-22/h6,8-11,13,18,21-23,26H,1-5,7,12,14-17H2/b9-6+. The summed E-state index contributed by atoms with van der Waals surface area (Å²) in [5, 5.41) is 3.73. The van der Waals surface area contributed by atoms with Crippen LogP contribution in [0.15, 0.2) is 36.4 Å². The minimum Gasteiger partial charge on any atom is -0.457 e. The van der Waals surface area contributed by atoms with E-state index in [0.29, 0.717) is 23.6 Å². The predicted octanol–water partition coefficient (Wildman–Crippen LogP) is 4.31. The molecule has 0 spiro atoms. The SMILES string of the molecule is O=C(OC1CC2CNC3CC3/C=C/CCCCCCCN2C1)c1cccc(F)c1. The van der Waals surface area contributed by atoms with Gasteiger partial charge in [-0.05, 0) is 56.3 Å². The van der Waals surface area contributed by atoms with Crippen LogP contribution in [0.5, 0.6) is 0 Å². The second-order valence-electron chi connectivity index (χ2n) is 8.82. The monoisotopic (exact) mass is 400 g/mol. The highest BCUT2D eigenvalue weighted by Gasteiger charge is 2.38. The van der Waals surface area contributed by atoms with E-state index in [2.05, 4.69) is 22.4 Å². The van der Waals surface area contributed by atoms with Crippen LogP contribution in [0.2, 0.25) is 0 Å². The Morgan fingerprint density at radius 3 is 2.90 bits per heavy atom. The van der Waals surface area contributed by atoms with Crippen LogP contribution in [0.1, 0.15) is 61.7 Å². The van der Waals surface area contributed by atoms with Crippen LogP contribution >= 0.6 is 0 Å². The second-order valence-corrected chi connectivity index (χ2v) is 8.82. The van der Waals surface area contributed by atoms with Crippen LogP contribution in [-0.4, -0.2) is 48.7 Å². The molecule has 1 aliphatic carbocycles. The highest BCUT2D eigenvalue weighted by atomic mass is 19.1. The van der Waals surface area contributed by atoms with Gasteiger partial charge in [0.05, 0.1) is 5.56 Å². The molecule has 2 fully saturated rings. The van der Waals surface area contributed by atoms with Gasteiger partial charge < -0.3 is 10.1 Å². The highest BCUT2D eigenvalue weighted by molar-refractivity contribution is 5.89. The number of fused-ring (bicyclic) bond motifs is 2. The quantitative estimate of drug-likeness (QED) is 0.593. The second kappa shape index (κ2) is 9.86. The fourth-order valence-corrected chi connectivity index (χ4v) is 4.67. The van der Waals surface area contributed by atoms with E-state index in [0.717, 1.165) is 26.1 Å². The number of ether oxygens (including phenoxy) is 1. The smallest absolute Gasteiger partial charge is 0.338 e. The minimum absolute atomic E-state index is 0.119. The van der Waals surface area contributed by atoms with E-state index in [9.17, 15) is 9.18 Å². The number of allylic oxidation sites excluding steroid dienone is 1. The van der Waals surface area contributed by atoms with E-state index in [1.54, 1.807) is 12.1 Å². The number of carbonyl (C=O) groups is 1. The fraction of sp³-hybridized carbons (Fsp3) is 0.625. The van der Waals surface area contributed by atoms with Gasteiger partial charge in [0.2, 0.25) is 0 Å². The summed E-state index contributed by atoms with van der Waals surface area (Å²) in [6.45, 7) is 2.79. The maximum atomic E-state index is 13.4. The molecule has 5 heteroatoms. The number of hydrogen-bond donors (Lipinski definition) is 1. The Balaban J connectivity index is 1.34. The Morgan fingerprint density at radius 1 is 1.14 bits per heavy atom. The predicted molar refractivity (Wildman–Crippen MR) is 112 cm³/mol. The van der Waals surface area contributed by atoms with Crippen molar-refractivity contribution >= 4 is 5.97 Å². The molecule has 4 nitrogen and oxygen atoms in total. The van der Waals surface area contributed by atoms with Crippen LogP contribution in [0, 0.1) is 11.7 Å². The van der Waals surface area contributed by atoms with Crippen molar-refractivity contribution in [2.75, 3.05) is 19.6 Å². The third-order valence-corrected chi connectivity index (χ3v) is 6.48. The number of rotatable bonds is 2. The van der Waals surface area contributed by atoms with E-state index >= 15 is 0 Å². The molecule has 1 aromatic carbocycles. The lowest BCUT2D eigenvalue weighted by atomic mass is 10.1. The number of benzene rings is 1. The van der Waals surface area contributed by atoms with Crippen molar-refractivity contribution in [2.45, 2.75) is 69.6 Å². The molecule has 158 valence electrons. The average molecular weight is 401 g/mol. The lowest BCUT2D eigenvalue weighted by Crippen LogP contribution is -2.39. The fourth-order valence-electron chi connectivity index (χ4n) is 4.67. The molecule has 4 rings (SSSR count). The van der Waals surface area contributed by atoms with E-state index in [1.807, 2.05) is 0 Å². The van der Waals surface area contributed by atoms with E-state index in [4.69, 9.17) is 4.74 Å². The molecule has 1 saturated heterocycles. The molecule has 4 atom stereocenters. The molecule has 1 saturated carbocycles. The molecular weight excluding hydrogens is 367 g/mol. The van der Waals surface area contributed by atoms with E-state index in [1.165, 1.54) is 57.1 Å². The van der Waals surface area contributed by atoms with Gasteiger partial charge in [-0.25, -0.2) is 9.18 Å². The van der Waals surface area contributed by atoms with Crippen LogP contribution in [0.3, 0.4) is 0 Å². The summed E-state index contributed by atoms with van der Waals surface area (Å²) in [5.74, 6) is -0.134. The topological polar surface area (TPSA) is 41.6 Å². The van der Waals surface area contributed by atoms with Crippen molar-refractivity contribution in [3.63, 3.8) is 0 Å². The zero-order valence-corrected chi connectivity index (χ0v) is 17.2. The van der Waals surface area contributed by atoms with Crippen molar-refractivity contribution in [3.05, 3.63) is 47.8 Å². The molecule has 29 heavy (non-hydrogen) atoms. The van der Waals surface area contributed by atoms with Gasteiger partial charge in [0, 0.05) is 31.6 Å². The molecule has 2 heterocycles. The summed E-state index contributed by atoms with van der Waals surface area (Å²) in [7, 11) is 0. The Kier molecular flexibility index (Phi) is 6.98. The summed E-state index contributed by atoms with van der Waals surface area (Å²) < 4.78 is 19.2. The van der Waals surface area contributed by atoms with Crippen LogP contribution in [0.4, 0.5) is 4.39 Å². The Morgan fingerprint density at radius 2 is 2.00 bits per heavy atom. The zero-order chi connectivity index (χ0) is 20.1. The normalized spacial score (nSPS) is 32.3. The third kappa shape index (κ3) is 5.89. The van der Waals surface area contributed by atoms with Gasteiger partial charge in [0.1, 0.15) is 11.9 Å². The van der Waals surface area contributed by atoms with Crippen molar-refractivity contribution < 1.29 is 13.9 Å². The molecule has 0 aromatic heterocycles. The first kappa shape index (κ1) is 20.5. The molecule has 2 aliphatic heterocycles. The van der Waals surface area contributed by atoms with Crippen molar-refractivity contribution in [1.29, 1.82) is 0 Å². The number of carbonyl (C=O) groups excluding carboxylic acids is 1. The van der Waals surface area contributed by atoms with Gasteiger partial charge in [0.15, 0.2) is 0 Å². The van der Waals surface area contributed by atoms with Crippen molar-refractivity contribution in [3.8, 4) is 0 Å². The maximum absolute atomic E-state index is 13.4. The lowest BCUT2D eigenvalue weighted by molar-refractivity contribution is 0.0321. The van der Waals surface area contributed by atoms with Crippen LogP contribution in [-0.2, 0) is 4.74 Å². The van der Waals surface area contributed by atoms with Crippen LogP contribution in [0.25, 0.3) is 0 Å². The van der Waals surface area contributed by atoms with E-state index in [-0.39, 0.29) is 6.10 Å². The molecule has 1 N–H and O–H groups in total. The Bertz CT molecular complexity index is 723. The summed E-state index contributed by atoms with van der Waals surface area (Å²) in [6.07, 6.45) is 14.3. The first-order valence-electron chi connectivity index (χ1n) is 11.3. The first-order chi connectivity index (χ1) is 14.2. The van der Waals surface area contributed by atoms with Crippen molar-refractivity contribution in [2.24, 2.45) is 5.92 Å². The maximum Gasteiger partial charge on any atom is 0.338 e. The molecule has 0 amide bonds. The number of nitrogens with zero attached hydrogens (tertiary/aromatic N) is 1. The number of halogens is 1. The van der Waals surface area contributed by atoms with E-state index < -0.39 is 11.8 Å². The molecular formula is C24H33FN2O2. The molecule has 4 unspecified atom stereocenters. The molecule has 0 bridgehead atoms. The van der Waals surface area contributed by atoms with Gasteiger partial charge in [0.25, 0.3) is 0 Å². The van der Waals surface area contributed by atoms with Gasteiger partial charge in [-0.3, -0.25) is 4.90 Å². The first-order valence-corrected chi connectivity index (χ1v) is 11.3. The van der Waals surface area contributed by atoms with Crippen molar-refractivity contribution in [1.82, 2.24) is 10.2 Å². The van der Waals surface area contributed by atoms with Gasteiger partial charge >= 0.3 is 5.97 Å². The highest BCUT2D eigenvalue weighted by Crippen LogP contribution is 2.32. The summed E-state index contributed by atoms with van der Waals surface area (Å²) in [4.78, 5) is 14.9. The number of nitrogens with one attached hydrogen (secondary N) is 1. The number of esters is 1. The lowest BCUT2D eigenvalue weighted by Gasteiger charge is -2.24. The average Bonchev–Trinajstić information content (AvgIpc) is 3.35. The molecule has 3 aliphatic rings. The Hall–Kier alpha value is -1.72. The molecule has 0 radical (unpaired) electrons. The van der Waals surface area contributed by atoms with Crippen LogP contribution < -0.4 is 5.32 Å². The third-order valence-electron chi connectivity index (χ3n) is 6.48. The van der Waals surface area contributed by atoms with Gasteiger partial charge in [-0.15, -0.1) is 0 Å². The Labute approximate surface area is 173 Å². The summed E-state index contributed by atoms with van der Waals surface area (Å²) in [6, 6.07) is 6.76. The minimum atomic E-state index is -0.419.